The standard InChI is InChI=1S/C15H22ClNO2S/c1-10-5-11(2)9-17(8-10)20(18,19)15-7-12(3)14(16)6-13(15)4/h6-7,10-11H,5,8-9H2,1-4H3/t10-,11-/m0/s1. The number of aryl methyl sites for hydroxylation is 2. The summed E-state index contributed by atoms with van der Waals surface area (Å²) in [5.41, 5.74) is 1.51. The average molecular weight is 316 g/mol. The molecule has 0 amide bonds. The Labute approximate surface area is 127 Å². The number of nitrogens with zero attached hydrogens (tertiary/aromatic N) is 1. The van der Waals surface area contributed by atoms with Gasteiger partial charge in [-0.25, -0.2) is 8.42 Å². The van der Waals surface area contributed by atoms with Crippen LogP contribution in [0.25, 0.3) is 0 Å². The summed E-state index contributed by atoms with van der Waals surface area (Å²) in [6.45, 7) is 9.06. The second kappa shape index (κ2) is 5.66. The van der Waals surface area contributed by atoms with Crippen molar-refractivity contribution in [2.45, 2.75) is 39.0 Å². The predicted molar refractivity (Wildman–Crippen MR) is 82.6 cm³/mol. The van der Waals surface area contributed by atoms with Gasteiger partial charge in [0.15, 0.2) is 0 Å². The molecule has 0 spiro atoms. The Morgan fingerprint density at radius 1 is 1.10 bits per heavy atom. The molecule has 20 heavy (non-hydrogen) atoms. The van der Waals surface area contributed by atoms with Crippen LogP contribution in [0.5, 0.6) is 0 Å². The molecule has 1 saturated heterocycles. The second-order valence-electron chi connectivity index (χ2n) is 6.13. The monoisotopic (exact) mass is 315 g/mol. The Morgan fingerprint density at radius 3 is 2.20 bits per heavy atom. The molecule has 5 heteroatoms. The van der Waals surface area contributed by atoms with Crippen LogP contribution in [-0.4, -0.2) is 25.8 Å². The topological polar surface area (TPSA) is 37.4 Å². The summed E-state index contributed by atoms with van der Waals surface area (Å²) in [5, 5.41) is 0.613. The van der Waals surface area contributed by atoms with E-state index in [0.29, 0.717) is 40.4 Å². The molecular formula is C15H22ClNO2S. The number of piperidine rings is 1. The number of halogens is 1. The minimum absolute atomic E-state index is 0.390. The van der Waals surface area contributed by atoms with Crippen molar-refractivity contribution in [3.63, 3.8) is 0 Å². The minimum Gasteiger partial charge on any atom is -0.207 e. The van der Waals surface area contributed by atoms with Gasteiger partial charge in [-0.2, -0.15) is 4.31 Å². The van der Waals surface area contributed by atoms with Gasteiger partial charge < -0.3 is 0 Å². The van der Waals surface area contributed by atoms with Crippen LogP contribution < -0.4 is 0 Å². The molecule has 2 rings (SSSR count). The number of benzene rings is 1. The van der Waals surface area contributed by atoms with E-state index >= 15 is 0 Å². The Hall–Kier alpha value is -0.580. The summed E-state index contributed by atoms with van der Waals surface area (Å²) in [6.07, 6.45) is 1.09. The molecule has 0 N–H and O–H groups in total. The Morgan fingerprint density at radius 2 is 1.65 bits per heavy atom. The lowest BCUT2D eigenvalue weighted by Gasteiger charge is -2.34. The first-order valence-corrected chi connectivity index (χ1v) is 8.80. The summed E-state index contributed by atoms with van der Waals surface area (Å²) >= 11 is 6.06. The maximum atomic E-state index is 12.8. The zero-order chi connectivity index (χ0) is 15.1. The van der Waals surface area contributed by atoms with Gasteiger partial charge >= 0.3 is 0 Å². The molecule has 0 saturated carbocycles. The predicted octanol–water partition coefficient (Wildman–Crippen LogP) is 3.62. The van der Waals surface area contributed by atoms with Crippen LogP contribution in [-0.2, 0) is 10.0 Å². The summed E-state index contributed by atoms with van der Waals surface area (Å²) in [5.74, 6) is 0.810. The highest BCUT2D eigenvalue weighted by molar-refractivity contribution is 7.89. The minimum atomic E-state index is -3.42. The summed E-state index contributed by atoms with van der Waals surface area (Å²) in [6, 6.07) is 3.43. The molecule has 1 fully saturated rings. The van der Waals surface area contributed by atoms with Crippen LogP contribution in [0.2, 0.25) is 5.02 Å². The van der Waals surface area contributed by atoms with Crippen molar-refractivity contribution < 1.29 is 8.42 Å². The van der Waals surface area contributed by atoms with Crippen molar-refractivity contribution in [1.29, 1.82) is 0 Å². The van der Waals surface area contributed by atoms with E-state index in [-0.39, 0.29) is 0 Å². The quantitative estimate of drug-likeness (QED) is 0.836. The van der Waals surface area contributed by atoms with E-state index in [0.717, 1.165) is 12.0 Å². The van der Waals surface area contributed by atoms with Gasteiger partial charge in [0, 0.05) is 18.1 Å². The van der Waals surface area contributed by atoms with E-state index in [1.165, 1.54) is 0 Å². The van der Waals surface area contributed by atoms with E-state index in [1.807, 2.05) is 6.92 Å². The third-order valence-corrected chi connectivity index (χ3v) is 6.29. The van der Waals surface area contributed by atoms with Gasteiger partial charge in [-0.15, -0.1) is 0 Å². The summed E-state index contributed by atoms with van der Waals surface area (Å²) < 4.78 is 27.3. The Kier molecular flexibility index (Phi) is 4.47. The van der Waals surface area contributed by atoms with Crippen LogP contribution >= 0.6 is 11.6 Å². The first kappa shape index (κ1) is 15.8. The van der Waals surface area contributed by atoms with Crippen LogP contribution in [0.3, 0.4) is 0 Å². The van der Waals surface area contributed by atoms with E-state index in [1.54, 1.807) is 23.4 Å². The van der Waals surface area contributed by atoms with Gasteiger partial charge in [-0.3, -0.25) is 0 Å². The lowest BCUT2D eigenvalue weighted by Crippen LogP contribution is -2.42. The molecule has 2 atom stereocenters. The third-order valence-electron chi connectivity index (χ3n) is 3.91. The first-order valence-electron chi connectivity index (χ1n) is 6.98. The van der Waals surface area contributed by atoms with Gasteiger partial charge in [0.25, 0.3) is 0 Å². The highest BCUT2D eigenvalue weighted by Gasteiger charge is 2.32. The zero-order valence-electron chi connectivity index (χ0n) is 12.5. The van der Waals surface area contributed by atoms with Crippen LogP contribution in [0, 0.1) is 25.7 Å². The molecule has 1 aromatic carbocycles. The van der Waals surface area contributed by atoms with Crippen LogP contribution in [0.1, 0.15) is 31.4 Å². The highest BCUT2D eigenvalue weighted by Crippen LogP contribution is 2.30. The van der Waals surface area contributed by atoms with Crippen molar-refractivity contribution in [3.05, 3.63) is 28.3 Å². The third kappa shape index (κ3) is 3.02. The molecule has 0 aromatic heterocycles. The average Bonchev–Trinajstić information content (AvgIpc) is 2.32. The van der Waals surface area contributed by atoms with Gasteiger partial charge in [-0.05, 0) is 55.4 Å². The highest BCUT2D eigenvalue weighted by atomic mass is 35.5. The number of hydrogen-bond acceptors (Lipinski definition) is 2. The van der Waals surface area contributed by atoms with Gasteiger partial charge in [0.05, 0.1) is 4.90 Å². The lowest BCUT2D eigenvalue weighted by atomic mass is 9.94. The molecule has 0 unspecified atom stereocenters. The largest absolute Gasteiger partial charge is 0.243 e. The zero-order valence-corrected chi connectivity index (χ0v) is 14.1. The first-order chi connectivity index (χ1) is 9.21. The fourth-order valence-electron chi connectivity index (χ4n) is 2.97. The second-order valence-corrected chi connectivity index (χ2v) is 8.45. The van der Waals surface area contributed by atoms with Crippen molar-refractivity contribution in [3.8, 4) is 0 Å². The van der Waals surface area contributed by atoms with E-state index < -0.39 is 10.0 Å². The van der Waals surface area contributed by atoms with Crippen molar-refractivity contribution in [2.75, 3.05) is 13.1 Å². The number of sulfonamides is 1. The molecule has 112 valence electrons. The molecule has 1 aliphatic heterocycles. The van der Waals surface area contributed by atoms with Gasteiger partial charge in [0.2, 0.25) is 10.0 Å². The number of rotatable bonds is 2. The van der Waals surface area contributed by atoms with E-state index in [2.05, 4.69) is 13.8 Å². The normalized spacial score (nSPS) is 24.9. The van der Waals surface area contributed by atoms with Crippen molar-refractivity contribution >= 4 is 21.6 Å². The maximum Gasteiger partial charge on any atom is 0.243 e. The fraction of sp³-hybridized carbons (Fsp3) is 0.600. The Balaban J connectivity index is 2.42. The molecule has 1 aromatic rings. The molecule has 0 radical (unpaired) electrons. The smallest absolute Gasteiger partial charge is 0.207 e. The van der Waals surface area contributed by atoms with Gasteiger partial charge in [-0.1, -0.05) is 25.4 Å². The molecular weight excluding hydrogens is 294 g/mol. The summed E-state index contributed by atoms with van der Waals surface area (Å²) in [7, 11) is -3.42. The van der Waals surface area contributed by atoms with Crippen molar-refractivity contribution in [1.82, 2.24) is 4.31 Å². The molecule has 1 heterocycles. The SMILES string of the molecule is Cc1cc(S(=O)(=O)N2C[C@@H](C)C[C@H](C)C2)c(C)cc1Cl. The fourth-order valence-corrected chi connectivity index (χ4v) is 5.16. The van der Waals surface area contributed by atoms with Gasteiger partial charge in [0.1, 0.15) is 0 Å². The van der Waals surface area contributed by atoms with Crippen LogP contribution in [0.15, 0.2) is 17.0 Å². The van der Waals surface area contributed by atoms with E-state index in [9.17, 15) is 8.42 Å². The van der Waals surface area contributed by atoms with Crippen LogP contribution in [0.4, 0.5) is 0 Å². The summed E-state index contributed by atoms with van der Waals surface area (Å²) in [4.78, 5) is 0.390. The van der Waals surface area contributed by atoms with E-state index in [4.69, 9.17) is 11.6 Å². The maximum absolute atomic E-state index is 12.8. The molecule has 1 aliphatic rings. The molecule has 0 aliphatic carbocycles. The lowest BCUT2D eigenvalue weighted by molar-refractivity contribution is 0.222. The number of hydrogen-bond donors (Lipinski definition) is 0. The molecule has 0 bridgehead atoms. The molecule has 3 nitrogen and oxygen atoms in total. The Bertz CT molecular complexity index is 603. The van der Waals surface area contributed by atoms with Crippen molar-refractivity contribution in [2.24, 2.45) is 11.8 Å².